The Morgan fingerprint density at radius 2 is 1.73 bits per heavy atom. The van der Waals surface area contributed by atoms with Crippen molar-refractivity contribution in [2.75, 3.05) is 17.2 Å². The average Bonchev–Trinajstić information content (AvgIpc) is 3.36. The van der Waals surface area contributed by atoms with Crippen LogP contribution in [0.5, 0.6) is 0 Å². The summed E-state index contributed by atoms with van der Waals surface area (Å²) in [6.07, 6.45) is 3.18. The molecule has 0 unspecified atom stereocenters. The normalized spacial score (nSPS) is 10.6. The van der Waals surface area contributed by atoms with Crippen LogP contribution < -0.4 is 16.0 Å². The van der Waals surface area contributed by atoms with Gasteiger partial charge in [-0.25, -0.2) is 4.98 Å². The number of nitrogens with one attached hydrogen (secondary N) is 3. The van der Waals surface area contributed by atoms with Gasteiger partial charge < -0.3 is 20.4 Å². The van der Waals surface area contributed by atoms with Gasteiger partial charge in [0.1, 0.15) is 5.82 Å². The minimum atomic E-state index is -0.165. The summed E-state index contributed by atoms with van der Waals surface area (Å²) in [5.41, 5.74) is 3.43. The van der Waals surface area contributed by atoms with Crippen molar-refractivity contribution in [3.63, 3.8) is 0 Å². The Hall–Kier alpha value is -3.55. The predicted molar refractivity (Wildman–Crippen MR) is 130 cm³/mol. The van der Waals surface area contributed by atoms with Crippen molar-refractivity contribution >= 4 is 40.9 Å². The number of halogens is 2. The van der Waals surface area contributed by atoms with E-state index in [-0.39, 0.29) is 12.5 Å². The van der Waals surface area contributed by atoms with Crippen LogP contribution in [-0.4, -0.2) is 22.4 Å². The highest BCUT2D eigenvalue weighted by Gasteiger charge is 2.10. The van der Waals surface area contributed by atoms with Crippen molar-refractivity contribution in [3.05, 3.63) is 94.4 Å². The number of anilines is 2. The lowest BCUT2D eigenvalue weighted by Gasteiger charge is -2.11. The Balaban J connectivity index is 1.41. The van der Waals surface area contributed by atoms with Gasteiger partial charge in [-0.2, -0.15) is 4.98 Å². The fraction of sp³-hybridized carbons (Fsp3) is 0.125. The number of amides is 1. The lowest BCUT2D eigenvalue weighted by atomic mass is 10.2. The van der Waals surface area contributed by atoms with E-state index < -0.39 is 0 Å². The van der Waals surface area contributed by atoms with Gasteiger partial charge in [0.2, 0.25) is 11.9 Å². The zero-order chi connectivity index (χ0) is 23.0. The summed E-state index contributed by atoms with van der Waals surface area (Å²) in [6, 6.07) is 18.4. The van der Waals surface area contributed by atoms with Gasteiger partial charge in [0.15, 0.2) is 0 Å². The maximum atomic E-state index is 12.3. The molecule has 2 aromatic carbocycles. The van der Waals surface area contributed by atoms with Crippen molar-refractivity contribution in [1.29, 1.82) is 0 Å². The first-order valence-electron chi connectivity index (χ1n) is 10.2. The van der Waals surface area contributed by atoms with Crippen molar-refractivity contribution in [2.24, 2.45) is 0 Å². The summed E-state index contributed by atoms with van der Waals surface area (Å²) in [6.45, 7) is 0.966. The molecule has 0 fully saturated rings. The number of furan rings is 1. The summed E-state index contributed by atoms with van der Waals surface area (Å²) in [7, 11) is 0. The Bertz CT molecular complexity index is 1210. The van der Waals surface area contributed by atoms with Gasteiger partial charge in [-0.3, -0.25) is 4.79 Å². The number of carbonyl (C=O) groups is 1. The third-order valence-electron chi connectivity index (χ3n) is 4.72. The summed E-state index contributed by atoms with van der Waals surface area (Å²) in [5, 5.41) is 10.5. The van der Waals surface area contributed by atoms with Crippen LogP contribution in [0, 0.1) is 0 Å². The highest BCUT2D eigenvalue weighted by Crippen LogP contribution is 2.22. The van der Waals surface area contributed by atoms with Crippen LogP contribution in [-0.2, 0) is 17.9 Å². The number of nitrogens with zero attached hydrogens (tertiary/aromatic N) is 2. The number of hydrogen-bond donors (Lipinski definition) is 3. The summed E-state index contributed by atoms with van der Waals surface area (Å²) < 4.78 is 5.18. The van der Waals surface area contributed by atoms with Crippen LogP contribution in [0.1, 0.15) is 11.1 Å². The smallest absolute Gasteiger partial charge is 0.239 e. The largest absolute Gasteiger partial charge is 0.472 e. The van der Waals surface area contributed by atoms with Gasteiger partial charge in [0, 0.05) is 34.8 Å². The molecule has 2 heterocycles. The van der Waals surface area contributed by atoms with Crippen molar-refractivity contribution in [3.8, 4) is 11.3 Å². The van der Waals surface area contributed by atoms with E-state index >= 15 is 0 Å². The fourth-order valence-corrected chi connectivity index (χ4v) is 3.38. The molecular weight excluding hydrogens is 461 g/mol. The van der Waals surface area contributed by atoms with Crippen LogP contribution in [0.15, 0.2) is 77.6 Å². The molecule has 168 valence electrons. The molecule has 0 aliphatic rings. The van der Waals surface area contributed by atoms with Crippen LogP contribution in [0.25, 0.3) is 11.3 Å². The molecule has 9 heteroatoms. The third kappa shape index (κ3) is 6.71. The molecule has 0 atom stereocenters. The second kappa shape index (κ2) is 10.8. The van der Waals surface area contributed by atoms with Crippen LogP contribution in [0.3, 0.4) is 0 Å². The third-order valence-corrected chi connectivity index (χ3v) is 5.20. The minimum absolute atomic E-state index is 0.0587. The Labute approximate surface area is 201 Å². The SMILES string of the molecule is O=C(CNc1cc(-c2ccoc2)nc(NCc2cccc(Cl)c2)n1)NCc1ccc(Cl)cc1. The number of benzene rings is 2. The monoisotopic (exact) mass is 481 g/mol. The van der Waals surface area contributed by atoms with Crippen molar-refractivity contribution in [1.82, 2.24) is 15.3 Å². The number of carbonyl (C=O) groups excluding carboxylic acids is 1. The van der Waals surface area contributed by atoms with Gasteiger partial charge in [0.05, 0.1) is 24.8 Å². The topological polar surface area (TPSA) is 92.1 Å². The van der Waals surface area contributed by atoms with E-state index in [0.717, 1.165) is 16.7 Å². The highest BCUT2D eigenvalue weighted by atomic mass is 35.5. The fourth-order valence-electron chi connectivity index (χ4n) is 3.04. The van der Waals surface area contributed by atoms with E-state index in [0.29, 0.717) is 40.6 Å². The molecule has 7 nitrogen and oxygen atoms in total. The first-order chi connectivity index (χ1) is 16.0. The lowest BCUT2D eigenvalue weighted by molar-refractivity contribution is -0.119. The molecule has 0 saturated heterocycles. The van der Waals surface area contributed by atoms with Gasteiger partial charge in [-0.05, 0) is 41.5 Å². The lowest BCUT2D eigenvalue weighted by Crippen LogP contribution is -2.29. The van der Waals surface area contributed by atoms with Crippen molar-refractivity contribution < 1.29 is 9.21 Å². The molecular formula is C24H21Cl2N5O2. The van der Waals surface area contributed by atoms with Crippen LogP contribution in [0.4, 0.5) is 11.8 Å². The number of hydrogen-bond acceptors (Lipinski definition) is 6. The second-order valence-electron chi connectivity index (χ2n) is 7.21. The van der Waals surface area contributed by atoms with E-state index in [4.69, 9.17) is 27.6 Å². The molecule has 0 aliphatic carbocycles. The Kier molecular flexibility index (Phi) is 7.44. The van der Waals surface area contributed by atoms with E-state index in [9.17, 15) is 4.79 Å². The highest BCUT2D eigenvalue weighted by molar-refractivity contribution is 6.30. The van der Waals surface area contributed by atoms with Gasteiger partial charge in [0.25, 0.3) is 0 Å². The van der Waals surface area contributed by atoms with Gasteiger partial charge in [-0.15, -0.1) is 0 Å². The molecule has 0 aliphatic heterocycles. The first kappa shape index (κ1) is 22.6. The number of rotatable bonds is 9. The first-order valence-corrected chi connectivity index (χ1v) is 11.0. The molecule has 0 spiro atoms. The standard InChI is InChI=1S/C24H21Cl2N5O2/c25-19-6-4-16(5-7-19)12-28-23(32)14-27-22-11-21(18-8-9-33-15-18)30-24(31-22)29-13-17-2-1-3-20(26)10-17/h1-11,15H,12-14H2,(H,28,32)(H2,27,29,30,31). The van der Waals surface area contributed by atoms with E-state index in [1.807, 2.05) is 42.5 Å². The van der Waals surface area contributed by atoms with Crippen LogP contribution in [0.2, 0.25) is 10.0 Å². The minimum Gasteiger partial charge on any atom is -0.472 e. The molecule has 2 aromatic heterocycles. The summed E-state index contributed by atoms with van der Waals surface area (Å²) in [4.78, 5) is 21.4. The molecule has 4 rings (SSSR count). The average molecular weight is 482 g/mol. The van der Waals surface area contributed by atoms with Crippen molar-refractivity contribution in [2.45, 2.75) is 13.1 Å². The van der Waals surface area contributed by atoms with Gasteiger partial charge >= 0.3 is 0 Å². The maximum absolute atomic E-state index is 12.3. The predicted octanol–water partition coefficient (Wildman–Crippen LogP) is 5.38. The number of aromatic nitrogens is 2. The Morgan fingerprint density at radius 1 is 0.879 bits per heavy atom. The second-order valence-corrected chi connectivity index (χ2v) is 8.09. The maximum Gasteiger partial charge on any atom is 0.239 e. The van der Waals surface area contributed by atoms with E-state index in [1.54, 1.807) is 30.7 Å². The molecule has 0 bridgehead atoms. The molecule has 0 radical (unpaired) electrons. The molecule has 4 aromatic rings. The zero-order valence-electron chi connectivity index (χ0n) is 17.5. The van der Waals surface area contributed by atoms with E-state index in [1.165, 1.54) is 0 Å². The Morgan fingerprint density at radius 3 is 2.48 bits per heavy atom. The molecule has 1 amide bonds. The molecule has 0 saturated carbocycles. The molecule has 3 N–H and O–H groups in total. The summed E-state index contributed by atoms with van der Waals surface area (Å²) in [5.74, 6) is 0.760. The zero-order valence-corrected chi connectivity index (χ0v) is 19.0. The summed E-state index contributed by atoms with van der Waals surface area (Å²) >= 11 is 12.0. The van der Waals surface area contributed by atoms with E-state index in [2.05, 4.69) is 25.9 Å². The molecule has 33 heavy (non-hydrogen) atoms. The quantitative estimate of drug-likeness (QED) is 0.297. The van der Waals surface area contributed by atoms with Gasteiger partial charge in [-0.1, -0.05) is 47.5 Å². The van der Waals surface area contributed by atoms with Crippen LogP contribution >= 0.6 is 23.2 Å².